The topological polar surface area (TPSA) is 74.8 Å². The number of anilines is 1. The van der Waals surface area contributed by atoms with E-state index in [0.29, 0.717) is 15.9 Å². The van der Waals surface area contributed by atoms with Crippen molar-refractivity contribution in [1.82, 2.24) is 9.97 Å². The first-order valence-electron chi connectivity index (χ1n) is 6.45. The molecular weight excluding hydrogens is 387 g/mol. The molecule has 0 radical (unpaired) electrons. The predicted octanol–water partition coefficient (Wildman–Crippen LogP) is 4.18. The van der Waals surface area contributed by atoms with Gasteiger partial charge >= 0.3 is 6.18 Å². The molecule has 0 aliphatic heterocycles. The Labute approximate surface area is 143 Å². The standard InChI is InChI=1S/C13H9ClF3N3O2S2/c14-7-1-2-9-10(3-7)18-5-11(9)24(21,22)20-12-19-8(6-23-12)4-13(15,16)17/h1-3,5-6,18H,4H2,(H,19,20). The second kappa shape index (κ2) is 5.94. The third kappa shape index (κ3) is 3.65. The van der Waals surface area contributed by atoms with Gasteiger partial charge in [0.2, 0.25) is 0 Å². The van der Waals surface area contributed by atoms with Crippen LogP contribution in [0.4, 0.5) is 18.3 Å². The molecule has 0 saturated carbocycles. The molecular formula is C13H9ClF3N3O2S2. The minimum Gasteiger partial charge on any atom is -0.360 e. The van der Waals surface area contributed by atoms with Gasteiger partial charge in [-0.1, -0.05) is 11.6 Å². The maximum atomic E-state index is 12.4. The van der Waals surface area contributed by atoms with Crippen LogP contribution in [0.1, 0.15) is 5.69 Å². The molecule has 2 N–H and O–H groups in total. The number of alkyl halides is 3. The van der Waals surface area contributed by atoms with Crippen molar-refractivity contribution in [3.8, 4) is 0 Å². The summed E-state index contributed by atoms with van der Waals surface area (Å²) in [5.74, 6) is 0. The quantitative estimate of drug-likeness (QED) is 0.695. The third-order valence-electron chi connectivity index (χ3n) is 3.05. The number of rotatable bonds is 4. The lowest BCUT2D eigenvalue weighted by Gasteiger charge is -2.04. The van der Waals surface area contributed by atoms with E-state index < -0.39 is 22.6 Å². The lowest BCUT2D eigenvalue weighted by molar-refractivity contribution is -0.127. The average molecular weight is 396 g/mol. The number of hydrogen-bond acceptors (Lipinski definition) is 4. The fraction of sp³-hybridized carbons (Fsp3) is 0.154. The molecule has 0 fully saturated rings. The molecule has 2 aromatic heterocycles. The lowest BCUT2D eigenvalue weighted by Crippen LogP contribution is -2.14. The SMILES string of the molecule is O=S(=O)(Nc1nc(CC(F)(F)F)cs1)c1c[nH]c2cc(Cl)ccc12. The lowest BCUT2D eigenvalue weighted by atomic mass is 10.2. The molecule has 0 aliphatic rings. The van der Waals surface area contributed by atoms with Crippen LogP contribution in [0.2, 0.25) is 5.02 Å². The molecule has 0 amide bonds. The highest BCUT2D eigenvalue weighted by Crippen LogP contribution is 2.29. The molecule has 1 aromatic carbocycles. The molecule has 5 nitrogen and oxygen atoms in total. The number of sulfonamides is 1. The summed E-state index contributed by atoms with van der Waals surface area (Å²) in [6.07, 6.45) is -4.33. The Morgan fingerprint density at radius 2 is 2.08 bits per heavy atom. The molecule has 3 rings (SSSR count). The van der Waals surface area contributed by atoms with Crippen molar-refractivity contribution in [2.24, 2.45) is 0 Å². The highest BCUT2D eigenvalue weighted by atomic mass is 35.5. The van der Waals surface area contributed by atoms with Crippen molar-refractivity contribution in [3.63, 3.8) is 0 Å². The number of benzene rings is 1. The Hall–Kier alpha value is -1.78. The Bertz CT molecular complexity index is 995. The minimum absolute atomic E-state index is 0.0401. The monoisotopic (exact) mass is 395 g/mol. The third-order valence-corrected chi connectivity index (χ3v) is 5.60. The summed E-state index contributed by atoms with van der Waals surface area (Å²) in [6.45, 7) is 0. The van der Waals surface area contributed by atoms with Crippen LogP contribution < -0.4 is 4.72 Å². The van der Waals surface area contributed by atoms with Crippen molar-refractivity contribution < 1.29 is 21.6 Å². The molecule has 0 aliphatic carbocycles. The van der Waals surface area contributed by atoms with Gasteiger partial charge in [-0.25, -0.2) is 13.4 Å². The summed E-state index contributed by atoms with van der Waals surface area (Å²) in [7, 11) is -4.00. The van der Waals surface area contributed by atoms with E-state index in [1.165, 1.54) is 11.6 Å². The van der Waals surface area contributed by atoms with Gasteiger partial charge in [-0.05, 0) is 18.2 Å². The van der Waals surface area contributed by atoms with Crippen LogP contribution in [-0.4, -0.2) is 24.6 Å². The number of H-pyrrole nitrogens is 1. The van der Waals surface area contributed by atoms with E-state index in [1.807, 2.05) is 0 Å². The van der Waals surface area contributed by atoms with Crippen LogP contribution in [-0.2, 0) is 16.4 Å². The van der Waals surface area contributed by atoms with E-state index in [-0.39, 0.29) is 15.7 Å². The predicted molar refractivity (Wildman–Crippen MR) is 86.0 cm³/mol. The molecule has 0 saturated heterocycles. The normalized spacial score (nSPS) is 12.7. The minimum atomic E-state index is -4.40. The number of halogens is 4. The van der Waals surface area contributed by atoms with Gasteiger partial charge in [-0.2, -0.15) is 13.2 Å². The van der Waals surface area contributed by atoms with Gasteiger partial charge in [0.05, 0.1) is 12.1 Å². The molecule has 11 heteroatoms. The number of thiazole rings is 1. The molecule has 2 heterocycles. The molecule has 24 heavy (non-hydrogen) atoms. The van der Waals surface area contributed by atoms with Gasteiger partial charge in [0.1, 0.15) is 4.90 Å². The zero-order valence-electron chi connectivity index (χ0n) is 11.7. The average Bonchev–Trinajstić information content (AvgIpc) is 3.03. The van der Waals surface area contributed by atoms with E-state index in [4.69, 9.17) is 11.6 Å². The number of hydrogen-bond donors (Lipinski definition) is 2. The molecule has 0 spiro atoms. The van der Waals surface area contributed by atoms with Crippen molar-refractivity contribution in [1.29, 1.82) is 0 Å². The van der Waals surface area contributed by atoms with Crippen LogP contribution in [0.15, 0.2) is 34.7 Å². The van der Waals surface area contributed by atoms with Crippen LogP contribution in [0.5, 0.6) is 0 Å². The molecule has 0 unspecified atom stereocenters. The van der Waals surface area contributed by atoms with Gasteiger partial charge in [-0.3, -0.25) is 4.72 Å². The highest BCUT2D eigenvalue weighted by molar-refractivity contribution is 7.93. The Morgan fingerprint density at radius 1 is 1.33 bits per heavy atom. The second-order valence-electron chi connectivity index (χ2n) is 4.88. The van der Waals surface area contributed by atoms with Gasteiger partial charge in [0.25, 0.3) is 10.0 Å². The highest BCUT2D eigenvalue weighted by Gasteiger charge is 2.29. The second-order valence-corrected chi connectivity index (χ2v) is 7.83. The maximum Gasteiger partial charge on any atom is 0.394 e. The molecule has 128 valence electrons. The van der Waals surface area contributed by atoms with Crippen molar-refractivity contribution in [3.05, 3.63) is 40.5 Å². The van der Waals surface area contributed by atoms with Crippen LogP contribution in [0.3, 0.4) is 0 Å². The Balaban J connectivity index is 1.88. The summed E-state index contributed by atoms with van der Waals surface area (Å²) in [5, 5.41) is 1.90. The van der Waals surface area contributed by atoms with Crippen molar-refractivity contribution in [2.75, 3.05) is 4.72 Å². The maximum absolute atomic E-state index is 12.4. The summed E-state index contributed by atoms with van der Waals surface area (Å²) in [4.78, 5) is 6.41. The smallest absolute Gasteiger partial charge is 0.360 e. The molecule has 0 bridgehead atoms. The molecule has 0 atom stereocenters. The first-order valence-corrected chi connectivity index (χ1v) is 9.19. The van der Waals surface area contributed by atoms with Crippen LogP contribution in [0, 0.1) is 0 Å². The largest absolute Gasteiger partial charge is 0.394 e. The number of fused-ring (bicyclic) bond motifs is 1. The number of nitrogens with one attached hydrogen (secondary N) is 2. The fourth-order valence-corrected chi connectivity index (χ4v) is 4.42. The van der Waals surface area contributed by atoms with E-state index in [0.717, 1.165) is 11.3 Å². The summed E-state index contributed by atoms with van der Waals surface area (Å²) < 4.78 is 64.1. The van der Waals surface area contributed by atoms with E-state index in [2.05, 4.69) is 14.7 Å². The van der Waals surface area contributed by atoms with Gasteiger partial charge in [0.15, 0.2) is 5.13 Å². The van der Waals surface area contributed by atoms with Crippen LogP contribution in [0.25, 0.3) is 10.9 Å². The summed E-state index contributed by atoms with van der Waals surface area (Å²) in [5.41, 5.74) is 0.288. The van der Waals surface area contributed by atoms with Gasteiger partial charge in [-0.15, -0.1) is 11.3 Å². The Morgan fingerprint density at radius 3 is 2.79 bits per heavy atom. The first kappa shape index (κ1) is 17.1. The van der Waals surface area contributed by atoms with Crippen molar-refractivity contribution in [2.45, 2.75) is 17.5 Å². The Kier molecular flexibility index (Phi) is 4.22. The fourth-order valence-electron chi connectivity index (χ4n) is 2.10. The zero-order chi connectivity index (χ0) is 17.5. The van der Waals surface area contributed by atoms with Gasteiger partial charge in [0, 0.05) is 27.5 Å². The summed E-state index contributed by atoms with van der Waals surface area (Å²) in [6, 6.07) is 4.65. The van der Waals surface area contributed by atoms with E-state index in [9.17, 15) is 21.6 Å². The summed E-state index contributed by atoms with van der Waals surface area (Å²) >= 11 is 6.63. The molecule has 3 aromatic rings. The number of aromatic nitrogens is 2. The van der Waals surface area contributed by atoms with Crippen LogP contribution >= 0.6 is 22.9 Å². The zero-order valence-corrected chi connectivity index (χ0v) is 14.1. The number of aromatic amines is 1. The van der Waals surface area contributed by atoms with E-state index >= 15 is 0 Å². The number of nitrogens with zero attached hydrogens (tertiary/aromatic N) is 1. The van der Waals surface area contributed by atoms with Gasteiger partial charge < -0.3 is 4.98 Å². The van der Waals surface area contributed by atoms with E-state index in [1.54, 1.807) is 18.2 Å². The first-order chi connectivity index (χ1) is 11.1. The van der Waals surface area contributed by atoms with Crippen molar-refractivity contribution >= 4 is 49.0 Å².